The smallest absolute Gasteiger partial charge is 0.225 e. The van der Waals surface area contributed by atoms with Gasteiger partial charge in [0.1, 0.15) is 4.90 Å². The minimum atomic E-state index is -3.67. The molecule has 21 heavy (non-hydrogen) atoms. The summed E-state index contributed by atoms with van der Waals surface area (Å²) in [7, 11) is -6.96. The molecule has 1 aliphatic heterocycles. The number of sulfonamides is 2. The molecule has 2 rings (SSSR count). The number of halogens is 1. The van der Waals surface area contributed by atoms with E-state index in [2.05, 4.69) is 14.7 Å². The molecule has 0 radical (unpaired) electrons. The molecule has 1 aromatic rings. The summed E-state index contributed by atoms with van der Waals surface area (Å²) >= 11 is 5.53. The van der Waals surface area contributed by atoms with Gasteiger partial charge in [-0.05, 0) is 24.4 Å². The molecule has 0 aromatic carbocycles. The van der Waals surface area contributed by atoms with E-state index in [4.69, 9.17) is 11.6 Å². The first kappa shape index (κ1) is 16.6. The largest absolute Gasteiger partial charge is 0.246 e. The number of piperidine rings is 1. The van der Waals surface area contributed by atoms with Crippen LogP contribution in [0.4, 0.5) is 0 Å². The molecular weight excluding hydrogens is 340 g/mol. The maximum absolute atomic E-state index is 12.4. The first-order valence-corrected chi connectivity index (χ1v) is 9.84. The van der Waals surface area contributed by atoms with Crippen molar-refractivity contribution >= 4 is 31.6 Å². The third-order valence-electron chi connectivity index (χ3n) is 3.07. The minimum absolute atomic E-state index is 0.0231. The molecule has 8 nitrogen and oxygen atoms in total. The number of aromatic nitrogens is 2. The second-order valence-corrected chi connectivity index (χ2v) is 8.81. The second kappa shape index (κ2) is 6.13. The van der Waals surface area contributed by atoms with E-state index < -0.39 is 20.0 Å². The average molecular weight is 355 g/mol. The summed E-state index contributed by atoms with van der Waals surface area (Å²) in [5.41, 5.74) is 0. The van der Waals surface area contributed by atoms with Crippen LogP contribution in [0.1, 0.15) is 12.8 Å². The molecule has 2 heterocycles. The molecule has 1 saturated heterocycles. The van der Waals surface area contributed by atoms with E-state index >= 15 is 0 Å². The van der Waals surface area contributed by atoms with Crippen LogP contribution in [0.2, 0.25) is 5.28 Å². The van der Waals surface area contributed by atoms with Crippen molar-refractivity contribution in [1.82, 2.24) is 19.0 Å². The van der Waals surface area contributed by atoms with Gasteiger partial charge in [0.05, 0.1) is 18.6 Å². The van der Waals surface area contributed by atoms with Crippen LogP contribution in [-0.4, -0.2) is 56.5 Å². The number of rotatable bonds is 4. The van der Waals surface area contributed by atoms with Gasteiger partial charge in [-0.2, -0.15) is 4.31 Å². The molecule has 0 saturated carbocycles. The van der Waals surface area contributed by atoms with Crippen molar-refractivity contribution < 1.29 is 16.8 Å². The predicted molar refractivity (Wildman–Crippen MR) is 76.8 cm³/mol. The van der Waals surface area contributed by atoms with Gasteiger partial charge in [-0.3, -0.25) is 0 Å². The Labute approximate surface area is 128 Å². The Kier molecular flexibility index (Phi) is 4.83. The summed E-state index contributed by atoms with van der Waals surface area (Å²) in [5.74, 6) is 0. The molecule has 1 aromatic heterocycles. The third kappa shape index (κ3) is 4.33. The molecule has 0 bridgehead atoms. The van der Waals surface area contributed by atoms with Gasteiger partial charge in [-0.15, -0.1) is 0 Å². The molecule has 1 N–H and O–H groups in total. The Balaban J connectivity index is 2.06. The Bertz CT molecular complexity index is 697. The van der Waals surface area contributed by atoms with Crippen LogP contribution in [-0.2, 0) is 20.0 Å². The normalized spacial score (nSPS) is 18.8. The lowest BCUT2D eigenvalue weighted by molar-refractivity contribution is 0.308. The fraction of sp³-hybridized carbons (Fsp3) is 0.600. The van der Waals surface area contributed by atoms with Crippen molar-refractivity contribution in [2.45, 2.75) is 23.8 Å². The van der Waals surface area contributed by atoms with Gasteiger partial charge in [0, 0.05) is 19.1 Å². The molecule has 0 unspecified atom stereocenters. The van der Waals surface area contributed by atoms with Crippen molar-refractivity contribution in [3.63, 3.8) is 0 Å². The Morgan fingerprint density at radius 3 is 2.19 bits per heavy atom. The molecule has 118 valence electrons. The summed E-state index contributed by atoms with van der Waals surface area (Å²) in [6, 6.07) is -0.243. The number of hydrogen-bond acceptors (Lipinski definition) is 6. The SMILES string of the molecule is CS(=O)(=O)NC1CCN(S(=O)(=O)c2cnc(Cl)nc2)CC1. The van der Waals surface area contributed by atoms with Crippen LogP contribution in [0, 0.1) is 0 Å². The van der Waals surface area contributed by atoms with Crippen LogP contribution in [0.5, 0.6) is 0 Å². The second-order valence-electron chi connectivity index (χ2n) is 4.76. The number of nitrogens with one attached hydrogen (secondary N) is 1. The van der Waals surface area contributed by atoms with E-state index in [-0.39, 0.29) is 29.3 Å². The topological polar surface area (TPSA) is 109 Å². The number of nitrogens with zero attached hydrogens (tertiary/aromatic N) is 3. The third-order valence-corrected chi connectivity index (χ3v) is 5.88. The van der Waals surface area contributed by atoms with Crippen LogP contribution >= 0.6 is 11.6 Å². The molecule has 1 aliphatic rings. The highest BCUT2D eigenvalue weighted by Crippen LogP contribution is 2.20. The molecular formula is C10H15ClN4O4S2. The van der Waals surface area contributed by atoms with Crippen molar-refractivity contribution in [2.75, 3.05) is 19.3 Å². The van der Waals surface area contributed by atoms with Crippen molar-refractivity contribution in [1.29, 1.82) is 0 Å². The number of hydrogen-bond donors (Lipinski definition) is 1. The first-order chi connectivity index (χ1) is 9.68. The fourth-order valence-electron chi connectivity index (χ4n) is 2.10. The quantitative estimate of drug-likeness (QED) is 0.752. The maximum atomic E-state index is 12.4. The van der Waals surface area contributed by atoms with Gasteiger partial charge < -0.3 is 0 Å². The zero-order valence-electron chi connectivity index (χ0n) is 11.2. The zero-order valence-corrected chi connectivity index (χ0v) is 13.6. The highest BCUT2D eigenvalue weighted by atomic mass is 35.5. The first-order valence-electron chi connectivity index (χ1n) is 6.13. The fourth-order valence-corrected chi connectivity index (χ4v) is 4.40. The summed E-state index contributed by atoms with van der Waals surface area (Å²) < 4.78 is 50.8. The van der Waals surface area contributed by atoms with E-state index in [0.717, 1.165) is 18.6 Å². The van der Waals surface area contributed by atoms with Crippen LogP contribution < -0.4 is 4.72 Å². The zero-order chi connectivity index (χ0) is 15.7. The minimum Gasteiger partial charge on any atom is -0.225 e. The van der Waals surface area contributed by atoms with Gasteiger partial charge in [-0.25, -0.2) is 31.5 Å². The van der Waals surface area contributed by atoms with Gasteiger partial charge >= 0.3 is 0 Å². The van der Waals surface area contributed by atoms with Gasteiger partial charge in [0.15, 0.2) is 0 Å². The van der Waals surface area contributed by atoms with Crippen molar-refractivity contribution in [2.24, 2.45) is 0 Å². The lowest BCUT2D eigenvalue weighted by Gasteiger charge is -2.30. The highest BCUT2D eigenvalue weighted by Gasteiger charge is 2.30. The van der Waals surface area contributed by atoms with Gasteiger partial charge in [0.25, 0.3) is 0 Å². The summed E-state index contributed by atoms with van der Waals surface area (Å²) in [4.78, 5) is 7.29. The molecule has 0 amide bonds. The summed E-state index contributed by atoms with van der Waals surface area (Å²) in [6.45, 7) is 0.469. The monoisotopic (exact) mass is 354 g/mol. The Morgan fingerprint density at radius 2 is 1.71 bits per heavy atom. The maximum Gasteiger partial charge on any atom is 0.246 e. The van der Waals surface area contributed by atoms with Crippen LogP contribution in [0.15, 0.2) is 17.3 Å². The molecule has 0 atom stereocenters. The van der Waals surface area contributed by atoms with E-state index in [1.807, 2.05) is 0 Å². The van der Waals surface area contributed by atoms with E-state index in [0.29, 0.717) is 12.8 Å². The van der Waals surface area contributed by atoms with Crippen LogP contribution in [0.25, 0.3) is 0 Å². The average Bonchev–Trinajstić information content (AvgIpc) is 2.38. The van der Waals surface area contributed by atoms with E-state index in [9.17, 15) is 16.8 Å². The lowest BCUT2D eigenvalue weighted by atomic mass is 10.1. The Hall–Kier alpha value is -0.810. The predicted octanol–water partition coefficient (Wildman–Crippen LogP) is -0.168. The van der Waals surface area contributed by atoms with E-state index in [1.54, 1.807) is 0 Å². The summed E-state index contributed by atoms with van der Waals surface area (Å²) in [6.07, 6.45) is 4.24. The highest BCUT2D eigenvalue weighted by molar-refractivity contribution is 7.89. The van der Waals surface area contributed by atoms with Crippen molar-refractivity contribution in [3.05, 3.63) is 17.7 Å². The van der Waals surface area contributed by atoms with Crippen LogP contribution in [0.3, 0.4) is 0 Å². The van der Waals surface area contributed by atoms with E-state index in [1.165, 1.54) is 4.31 Å². The standard InChI is InChI=1S/C10H15ClN4O4S2/c1-20(16,17)14-8-2-4-15(5-3-8)21(18,19)9-6-12-10(11)13-7-9/h6-8,14H,2-5H2,1H3. The van der Waals surface area contributed by atoms with Crippen molar-refractivity contribution in [3.8, 4) is 0 Å². The molecule has 11 heteroatoms. The lowest BCUT2D eigenvalue weighted by Crippen LogP contribution is -2.46. The molecule has 1 fully saturated rings. The summed E-state index contributed by atoms with van der Waals surface area (Å²) in [5, 5.41) is -0.0231. The molecule has 0 spiro atoms. The van der Waals surface area contributed by atoms with Gasteiger partial charge in [-0.1, -0.05) is 0 Å². The Morgan fingerprint density at radius 1 is 1.19 bits per heavy atom. The van der Waals surface area contributed by atoms with Gasteiger partial charge in [0.2, 0.25) is 25.3 Å². The molecule has 0 aliphatic carbocycles.